The molecular formula is C25H22N4O5S. The number of nitriles is 1. The number of carbonyl (C=O) groups excluding carboxylic acids is 2. The molecule has 10 heteroatoms. The first kappa shape index (κ1) is 22.7. The fraction of sp³-hybridized carbons (Fsp3) is 0.280. The van der Waals surface area contributed by atoms with Gasteiger partial charge in [-0.25, -0.2) is 4.79 Å². The largest absolute Gasteiger partial charge is 0.462 e. The van der Waals surface area contributed by atoms with Gasteiger partial charge in [0.15, 0.2) is 5.76 Å². The van der Waals surface area contributed by atoms with Crippen molar-refractivity contribution in [2.45, 2.75) is 19.8 Å². The second kappa shape index (κ2) is 9.64. The lowest BCUT2D eigenvalue weighted by molar-refractivity contribution is -0.120. The molecule has 5 rings (SSSR count). The van der Waals surface area contributed by atoms with Gasteiger partial charge in [-0.3, -0.25) is 4.79 Å². The van der Waals surface area contributed by atoms with Gasteiger partial charge in [-0.1, -0.05) is 0 Å². The molecule has 1 amide bonds. The van der Waals surface area contributed by atoms with E-state index >= 15 is 0 Å². The number of hydrogen-bond acceptors (Lipinski definition) is 9. The van der Waals surface area contributed by atoms with E-state index in [1.165, 1.54) is 17.6 Å². The number of oxazole rings is 1. The molecule has 1 saturated heterocycles. The molecule has 1 fully saturated rings. The Morgan fingerprint density at radius 3 is 2.83 bits per heavy atom. The van der Waals surface area contributed by atoms with Crippen molar-refractivity contribution in [1.82, 2.24) is 4.98 Å². The summed E-state index contributed by atoms with van der Waals surface area (Å²) in [7, 11) is 0. The van der Waals surface area contributed by atoms with Gasteiger partial charge in [0.25, 0.3) is 5.89 Å². The summed E-state index contributed by atoms with van der Waals surface area (Å²) in [4.78, 5) is 31.6. The number of thiophene rings is 1. The highest BCUT2D eigenvalue weighted by atomic mass is 32.1. The van der Waals surface area contributed by atoms with Gasteiger partial charge < -0.3 is 23.8 Å². The van der Waals surface area contributed by atoms with Crippen molar-refractivity contribution in [3.63, 3.8) is 0 Å². The van der Waals surface area contributed by atoms with Gasteiger partial charge in [0.1, 0.15) is 10.9 Å². The number of ether oxygens (including phenoxy) is 1. The standard InChI is InChI=1S/C25H22N4O5S/c1-2-32-25(31)21-13-16-12-17(5-6-20(16)35-21)27-22(30)15-7-9-29(10-8-15)24-18(14-26)28-23(34-24)19-4-3-11-33-19/h3-6,11-13,15H,2,7-10H2,1H3,(H,27,30). The zero-order chi connectivity index (χ0) is 24.4. The van der Waals surface area contributed by atoms with Crippen LogP contribution in [0.4, 0.5) is 11.6 Å². The number of carbonyl (C=O) groups is 2. The third-order valence-electron chi connectivity index (χ3n) is 5.86. The van der Waals surface area contributed by atoms with Crippen LogP contribution in [0.5, 0.6) is 0 Å². The molecule has 0 spiro atoms. The fourth-order valence-electron chi connectivity index (χ4n) is 4.12. The first-order valence-electron chi connectivity index (χ1n) is 11.3. The third kappa shape index (κ3) is 4.63. The Morgan fingerprint density at radius 2 is 2.11 bits per heavy atom. The van der Waals surface area contributed by atoms with Gasteiger partial charge in [0.05, 0.1) is 12.9 Å². The molecule has 0 saturated carbocycles. The highest BCUT2D eigenvalue weighted by molar-refractivity contribution is 7.20. The van der Waals surface area contributed by atoms with Crippen molar-refractivity contribution in [2.24, 2.45) is 5.92 Å². The Hall–Kier alpha value is -4.10. The number of nitrogens with zero attached hydrogens (tertiary/aromatic N) is 3. The van der Waals surface area contributed by atoms with Crippen LogP contribution in [0.25, 0.3) is 21.7 Å². The zero-order valence-corrected chi connectivity index (χ0v) is 19.8. The predicted octanol–water partition coefficient (Wildman–Crippen LogP) is 5.05. The summed E-state index contributed by atoms with van der Waals surface area (Å²) in [6.07, 6.45) is 2.74. The van der Waals surface area contributed by atoms with Gasteiger partial charge in [0.2, 0.25) is 17.5 Å². The van der Waals surface area contributed by atoms with E-state index in [0.29, 0.717) is 54.7 Å². The number of rotatable bonds is 6. The number of esters is 1. The number of furan rings is 1. The van der Waals surface area contributed by atoms with Crippen molar-refractivity contribution in [3.8, 4) is 17.7 Å². The number of benzene rings is 1. The maximum absolute atomic E-state index is 12.9. The Kier molecular flexibility index (Phi) is 6.25. The lowest BCUT2D eigenvalue weighted by Gasteiger charge is -2.30. The topological polar surface area (TPSA) is 122 Å². The van der Waals surface area contributed by atoms with Gasteiger partial charge in [-0.15, -0.1) is 11.3 Å². The molecule has 0 unspecified atom stereocenters. The molecule has 1 aliphatic rings. The molecule has 3 aromatic heterocycles. The van der Waals surface area contributed by atoms with Crippen LogP contribution in [0, 0.1) is 17.2 Å². The lowest BCUT2D eigenvalue weighted by atomic mass is 9.95. The van der Waals surface area contributed by atoms with Gasteiger partial charge in [-0.2, -0.15) is 10.2 Å². The average molecular weight is 491 g/mol. The van der Waals surface area contributed by atoms with E-state index in [9.17, 15) is 14.9 Å². The van der Waals surface area contributed by atoms with Crippen molar-refractivity contribution >= 4 is 44.9 Å². The summed E-state index contributed by atoms with van der Waals surface area (Å²) in [6.45, 7) is 3.22. The van der Waals surface area contributed by atoms with Crippen LogP contribution in [0.15, 0.2) is 51.5 Å². The Balaban J connectivity index is 1.22. The average Bonchev–Trinajstić information content (AvgIpc) is 3.63. The molecule has 9 nitrogen and oxygen atoms in total. The maximum Gasteiger partial charge on any atom is 0.348 e. The minimum Gasteiger partial charge on any atom is -0.462 e. The molecule has 4 aromatic rings. The van der Waals surface area contributed by atoms with E-state index in [4.69, 9.17) is 13.6 Å². The van der Waals surface area contributed by atoms with E-state index in [1.54, 1.807) is 25.1 Å². The van der Waals surface area contributed by atoms with Crippen molar-refractivity contribution in [3.05, 3.63) is 53.2 Å². The van der Waals surface area contributed by atoms with Crippen LogP contribution in [0.1, 0.15) is 35.1 Å². The first-order valence-corrected chi connectivity index (χ1v) is 12.1. The number of anilines is 2. The molecule has 0 radical (unpaired) electrons. The number of piperidine rings is 1. The highest BCUT2D eigenvalue weighted by Crippen LogP contribution is 2.32. The van der Waals surface area contributed by atoms with Gasteiger partial charge >= 0.3 is 5.97 Å². The summed E-state index contributed by atoms with van der Waals surface area (Å²) in [5.41, 5.74) is 0.883. The smallest absolute Gasteiger partial charge is 0.348 e. The molecule has 0 atom stereocenters. The monoisotopic (exact) mass is 490 g/mol. The van der Waals surface area contributed by atoms with Crippen LogP contribution in [-0.4, -0.2) is 36.6 Å². The van der Waals surface area contributed by atoms with Gasteiger partial charge in [0, 0.05) is 29.4 Å². The first-order chi connectivity index (χ1) is 17.1. The number of nitrogens with one attached hydrogen (secondary N) is 1. The number of amides is 1. The lowest BCUT2D eigenvalue weighted by Crippen LogP contribution is -2.38. The molecule has 0 bridgehead atoms. The second-order valence-corrected chi connectivity index (χ2v) is 9.18. The zero-order valence-electron chi connectivity index (χ0n) is 18.9. The molecule has 35 heavy (non-hydrogen) atoms. The molecule has 0 aliphatic carbocycles. The molecular weight excluding hydrogens is 468 g/mol. The number of aromatic nitrogens is 1. The number of fused-ring (bicyclic) bond motifs is 1. The quantitative estimate of drug-likeness (QED) is 0.373. The fourth-order valence-corrected chi connectivity index (χ4v) is 5.05. The highest BCUT2D eigenvalue weighted by Gasteiger charge is 2.29. The summed E-state index contributed by atoms with van der Waals surface area (Å²) in [5, 5.41) is 13.4. The minimum atomic E-state index is -0.339. The molecule has 1 aliphatic heterocycles. The van der Waals surface area contributed by atoms with Crippen molar-refractivity contribution in [1.29, 1.82) is 5.26 Å². The van der Waals surface area contributed by atoms with Gasteiger partial charge in [-0.05, 0) is 61.5 Å². The Labute approximate surface area is 204 Å². The SMILES string of the molecule is CCOC(=O)c1cc2cc(NC(=O)C3CCN(c4oc(-c5ccco5)nc4C#N)CC3)ccc2s1. The molecule has 1 aromatic carbocycles. The Morgan fingerprint density at radius 1 is 1.29 bits per heavy atom. The van der Waals surface area contributed by atoms with Crippen LogP contribution < -0.4 is 10.2 Å². The number of hydrogen-bond donors (Lipinski definition) is 1. The van der Waals surface area contributed by atoms with Crippen LogP contribution >= 0.6 is 11.3 Å². The van der Waals surface area contributed by atoms with E-state index < -0.39 is 0 Å². The predicted molar refractivity (Wildman–Crippen MR) is 130 cm³/mol. The second-order valence-electron chi connectivity index (χ2n) is 8.10. The van der Waals surface area contributed by atoms with Crippen molar-refractivity contribution in [2.75, 3.05) is 29.9 Å². The van der Waals surface area contributed by atoms with E-state index in [2.05, 4.69) is 16.4 Å². The van der Waals surface area contributed by atoms with E-state index in [1.807, 2.05) is 23.1 Å². The van der Waals surface area contributed by atoms with E-state index in [0.717, 1.165) is 10.1 Å². The molecule has 4 heterocycles. The van der Waals surface area contributed by atoms with Crippen molar-refractivity contribution < 1.29 is 23.2 Å². The normalized spacial score (nSPS) is 14.1. The third-order valence-corrected chi connectivity index (χ3v) is 6.96. The summed E-state index contributed by atoms with van der Waals surface area (Å²) >= 11 is 1.37. The summed E-state index contributed by atoms with van der Waals surface area (Å²) in [6, 6.07) is 12.9. The molecule has 178 valence electrons. The summed E-state index contributed by atoms with van der Waals surface area (Å²) in [5.74, 6) is 0.554. The van der Waals surface area contributed by atoms with E-state index in [-0.39, 0.29) is 29.4 Å². The van der Waals surface area contributed by atoms with Crippen LogP contribution in [0.2, 0.25) is 0 Å². The van der Waals surface area contributed by atoms with Crippen LogP contribution in [-0.2, 0) is 9.53 Å². The summed E-state index contributed by atoms with van der Waals surface area (Å²) < 4.78 is 17.2. The Bertz CT molecular complexity index is 1410. The van der Waals surface area contributed by atoms with Crippen LogP contribution in [0.3, 0.4) is 0 Å². The maximum atomic E-state index is 12.9. The molecule has 1 N–H and O–H groups in total. The minimum absolute atomic E-state index is 0.0563.